The standard InChI is InChI=1S/C12H11BrN2O/c1-8-6-9(13)12(15-7-8)16-11-5-3-2-4-10(11)14/h2-7H,14H2,1H3. The van der Waals surface area contributed by atoms with Crippen molar-refractivity contribution < 1.29 is 4.74 Å². The lowest BCUT2D eigenvalue weighted by Gasteiger charge is -2.08. The van der Waals surface area contributed by atoms with Crippen LogP contribution in [0.3, 0.4) is 0 Å². The number of aromatic nitrogens is 1. The molecule has 0 amide bonds. The van der Waals surface area contributed by atoms with E-state index in [2.05, 4.69) is 20.9 Å². The number of nitrogen functional groups attached to an aromatic ring is 1. The molecular formula is C12H11BrN2O. The van der Waals surface area contributed by atoms with Crippen LogP contribution in [-0.2, 0) is 0 Å². The van der Waals surface area contributed by atoms with Crippen molar-refractivity contribution in [3.63, 3.8) is 0 Å². The van der Waals surface area contributed by atoms with Crippen LogP contribution in [0, 0.1) is 6.92 Å². The molecule has 0 unspecified atom stereocenters. The summed E-state index contributed by atoms with van der Waals surface area (Å²) in [5, 5.41) is 0. The summed E-state index contributed by atoms with van der Waals surface area (Å²) < 4.78 is 6.43. The number of rotatable bonds is 2. The molecule has 0 aliphatic carbocycles. The molecular weight excluding hydrogens is 268 g/mol. The summed E-state index contributed by atoms with van der Waals surface area (Å²) in [7, 11) is 0. The molecule has 0 saturated heterocycles. The Morgan fingerprint density at radius 3 is 2.75 bits per heavy atom. The third kappa shape index (κ3) is 2.33. The summed E-state index contributed by atoms with van der Waals surface area (Å²) in [6.45, 7) is 1.97. The summed E-state index contributed by atoms with van der Waals surface area (Å²) in [5.74, 6) is 1.13. The number of ether oxygens (including phenoxy) is 1. The highest BCUT2D eigenvalue weighted by Crippen LogP contribution is 2.30. The number of benzene rings is 1. The zero-order valence-corrected chi connectivity index (χ0v) is 10.4. The molecule has 3 nitrogen and oxygen atoms in total. The maximum atomic E-state index is 5.78. The first-order valence-electron chi connectivity index (χ1n) is 4.81. The molecule has 2 N–H and O–H groups in total. The molecule has 2 rings (SSSR count). The van der Waals surface area contributed by atoms with Crippen LogP contribution >= 0.6 is 15.9 Å². The second kappa shape index (κ2) is 4.53. The minimum atomic E-state index is 0.517. The fourth-order valence-corrected chi connectivity index (χ4v) is 1.82. The molecule has 0 radical (unpaired) electrons. The van der Waals surface area contributed by atoms with Crippen molar-refractivity contribution in [2.24, 2.45) is 0 Å². The number of hydrogen-bond acceptors (Lipinski definition) is 3. The molecule has 4 heteroatoms. The molecule has 0 aliphatic heterocycles. The van der Waals surface area contributed by atoms with Gasteiger partial charge in [0, 0.05) is 6.20 Å². The van der Waals surface area contributed by atoms with Gasteiger partial charge in [0.25, 0.3) is 0 Å². The highest BCUT2D eigenvalue weighted by atomic mass is 79.9. The Bertz CT molecular complexity index is 514. The highest BCUT2D eigenvalue weighted by molar-refractivity contribution is 9.10. The van der Waals surface area contributed by atoms with E-state index in [1.54, 1.807) is 12.3 Å². The van der Waals surface area contributed by atoms with E-state index < -0.39 is 0 Å². The molecule has 1 aromatic carbocycles. The third-order valence-corrected chi connectivity index (χ3v) is 2.64. The monoisotopic (exact) mass is 278 g/mol. The number of aryl methyl sites for hydroxylation is 1. The number of halogens is 1. The van der Waals surface area contributed by atoms with Crippen LogP contribution in [-0.4, -0.2) is 4.98 Å². The van der Waals surface area contributed by atoms with Crippen molar-refractivity contribution in [3.8, 4) is 11.6 Å². The van der Waals surface area contributed by atoms with E-state index in [-0.39, 0.29) is 0 Å². The average Bonchev–Trinajstić information content (AvgIpc) is 2.25. The van der Waals surface area contributed by atoms with Crippen molar-refractivity contribution in [1.29, 1.82) is 0 Å². The van der Waals surface area contributed by atoms with Gasteiger partial charge < -0.3 is 10.5 Å². The maximum absolute atomic E-state index is 5.78. The second-order valence-electron chi connectivity index (χ2n) is 3.44. The van der Waals surface area contributed by atoms with Gasteiger partial charge in [-0.1, -0.05) is 12.1 Å². The Balaban J connectivity index is 2.31. The van der Waals surface area contributed by atoms with E-state index in [4.69, 9.17) is 10.5 Å². The summed E-state index contributed by atoms with van der Waals surface area (Å²) in [5.41, 5.74) is 7.44. The molecule has 0 saturated carbocycles. The zero-order chi connectivity index (χ0) is 11.5. The molecule has 1 heterocycles. The highest BCUT2D eigenvalue weighted by Gasteiger charge is 2.06. The van der Waals surface area contributed by atoms with Crippen molar-refractivity contribution in [2.75, 3.05) is 5.73 Å². The SMILES string of the molecule is Cc1cnc(Oc2ccccc2N)c(Br)c1. The van der Waals surface area contributed by atoms with Crippen LogP contribution in [0.2, 0.25) is 0 Å². The number of nitrogens with zero attached hydrogens (tertiary/aromatic N) is 1. The summed E-state index contributed by atoms with van der Waals surface area (Å²) in [6.07, 6.45) is 1.75. The van der Waals surface area contributed by atoms with E-state index in [1.807, 2.05) is 31.2 Å². The Hall–Kier alpha value is -1.55. The smallest absolute Gasteiger partial charge is 0.233 e. The molecule has 1 aromatic heterocycles. The number of hydrogen-bond donors (Lipinski definition) is 1. The molecule has 82 valence electrons. The van der Waals surface area contributed by atoms with Gasteiger partial charge in [-0.05, 0) is 46.6 Å². The zero-order valence-electron chi connectivity index (χ0n) is 8.77. The number of pyridine rings is 1. The van der Waals surface area contributed by atoms with E-state index in [0.29, 0.717) is 17.3 Å². The first-order valence-corrected chi connectivity index (χ1v) is 5.60. The van der Waals surface area contributed by atoms with Crippen LogP contribution < -0.4 is 10.5 Å². The van der Waals surface area contributed by atoms with Gasteiger partial charge in [-0.15, -0.1) is 0 Å². The Kier molecular flexibility index (Phi) is 3.10. The van der Waals surface area contributed by atoms with Gasteiger partial charge in [-0.3, -0.25) is 0 Å². The normalized spacial score (nSPS) is 10.1. The van der Waals surface area contributed by atoms with Crippen LogP contribution in [0.15, 0.2) is 41.0 Å². The van der Waals surface area contributed by atoms with E-state index >= 15 is 0 Å². The van der Waals surface area contributed by atoms with Crippen molar-refractivity contribution >= 4 is 21.6 Å². The van der Waals surface area contributed by atoms with Gasteiger partial charge in [0.05, 0.1) is 10.2 Å². The van der Waals surface area contributed by atoms with Crippen molar-refractivity contribution in [2.45, 2.75) is 6.92 Å². The van der Waals surface area contributed by atoms with E-state index in [1.165, 1.54) is 0 Å². The largest absolute Gasteiger partial charge is 0.436 e. The number of para-hydroxylation sites is 2. The van der Waals surface area contributed by atoms with E-state index in [9.17, 15) is 0 Å². The predicted molar refractivity (Wildman–Crippen MR) is 67.6 cm³/mol. The summed E-state index contributed by atoms with van der Waals surface area (Å²) in [6, 6.07) is 9.27. The van der Waals surface area contributed by atoms with Gasteiger partial charge in [0.2, 0.25) is 5.88 Å². The predicted octanol–water partition coefficient (Wildman–Crippen LogP) is 3.53. The molecule has 0 atom stereocenters. The lowest BCUT2D eigenvalue weighted by atomic mass is 10.3. The number of nitrogens with two attached hydrogens (primary N) is 1. The first-order chi connectivity index (χ1) is 7.66. The molecule has 0 fully saturated rings. The van der Waals surface area contributed by atoms with E-state index in [0.717, 1.165) is 10.0 Å². The molecule has 0 spiro atoms. The lowest BCUT2D eigenvalue weighted by molar-refractivity contribution is 0.461. The lowest BCUT2D eigenvalue weighted by Crippen LogP contribution is -1.94. The van der Waals surface area contributed by atoms with Gasteiger partial charge in [0.15, 0.2) is 5.75 Å². The molecule has 16 heavy (non-hydrogen) atoms. The maximum Gasteiger partial charge on any atom is 0.233 e. The minimum absolute atomic E-state index is 0.517. The second-order valence-corrected chi connectivity index (χ2v) is 4.29. The topological polar surface area (TPSA) is 48.1 Å². The van der Waals surface area contributed by atoms with Crippen molar-refractivity contribution in [3.05, 3.63) is 46.6 Å². The summed E-state index contributed by atoms with van der Waals surface area (Å²) >= 11 is 3.40. The minimum Gasteiger partial charge on any atom is -0.436 e. The molecule has 2 aromatic rings. The molecule has 0 bridgehead atoms. The Morgan fingerprint density at radius 1 is 1.31 bits per heavy atom. The van der Waals surface area contributed by atoms with Crippen LogP contribution in [0.5, 0.6) is 11.6 Å². The van der Waals surface area contributed by atoms with Crippen molar-refractivity contribution in [1.82, 2.24) is 4.98 Å². The average molecular weight is 279 g/mol. The Labute approximate surface area is 102 Å². The van der Waals surface area contributed by atoms with Crippen LogP contribution in [0.25, 0.3) is 0 Å². The van der Waals surface area contributed by atoms with Crippen LogP contribution in [0.4, 0.5) is 5.69 Å². The first kappa shape index (κ1) is 11.0. The van der Waals surface area contributed by atoms with Gasteiger partial charge in [-0.25, -0.2) is 4.98 Å². The number of anilines is 1. The fraction of sp³-hybridized carbons (Fsp3) is 0.0833. The fourth-order valence-electron chi connectivity index (χ4n) is 1.27. The third-order valence-electron chi connectivity index (χ3n) is 2.07. The van der Waals surface area contributed by atoms with Gasteiger partial charge >= 0.3 is 0 Å². The summed E-state index contributed by atoms with van der Waals surface area (Å²) in [4.78, 5) is 4.19. The molecule has 0 aliphatic rings. The quantitative estimate of drug-likeness (QED) is 0.855. The van der Waals surface area contributed by atoms with Crippen LogP contribution in [0.1, 0.15) is 5.56 Å². The van der Waals surface area contributed by atoms with Gasteiger partial charge in [-0.2, -0.15) is 0 Å². The van der Waals surface area contributed by atoms with Gasteiger partial charge in [0.1, 0.15) is 0 Å². The Morgan fingerprint density at radius 2 is 2.06 bits per heavy atom.